The highest BCUT2D eigenvalue weighted by molar-refractivity contribution is 9.10. The summed E-state index contributed by atoms with van der Waals surface area (Å²) in [6.07, 6.45) is 4.90. The van der Waals surface area contributed by atoms with Crippen molar-refractivity contribution in [2.45, 2.75) is 37.8 Å². The fourth-order valence-electron chi connectivity index (χ4n) is 2.29. The van der Waals surface area contributed by atoms with Crippen molar-refractivity contribution in [1.29, 1.82) is 0 Å². The fraction of sp³-hybridized carbons (Fsp3) is 0.538. The molecule has 2 unspecified atom stereocenters. The van der Waals surface area contributed by atoms with Gasteiger partial charge in [-0.15, -0.1) is 0 Å². The minimum absolute atomic E-state index is 0.205. The van der Waals surface area contributed by atoms with Crippen LogP contribution >= 0.6 is 15.9 Å². The van der Waals surface area contributed by atoms with Crippen LogP contribution in [0.15, 0.2) is 28.7 Å². The summed E-state index contributed by atoms with van der Waals surface area (Å²) in [6, 6.07) is 8.48. The predicted molar refractivity (Wildman–Crippen MR) is 72.4 cm³/mol. The number of hydrazine groups is 1. The van der Waals surface area contributed by atoms with Crippen LogP contribution in [-0.4, -0.2) is 12.7 Å². The van der Waals surface area contributed by atoms with Crippen molar-refractivity contribution in [3.8, 4) is 0 Å². The van der Waals surface area contributed by atoms with Crippen LogP contribution in [0.1, 0.15) is 37.3 Å². The van der Waals surface area contributed by atoms with Gasteiger partial charge >= 0.3 is 0 Å². The van der Waals surface area contributed by atoms with Crippen LogP contribution in [0, 0.1) is 0 Å². The third-order valence-electron chi connectivity index (χ3n) is 3.25. The Morgan fingerprint density at radius 2 is 2.41 bits per heavy atom. The molecule has 2 atom stereocenters. The lowest BCUT2D eigenvalue weighted by molar-refractivity contribution is 0.0996. The van der Waals surface area contributed by atoms with Crippen molar-refractivity contribution in [2.24, 2.45) is 5.84 Å². The molecule has 1 aromatic carbocycles. The first-order valence-corrected chi connectivity index (χ1v) is 6.92. The molecule has 1 fully saturated rings. The monoisotopic (exact) mass is 298 g/mol. The Labute approximate surface area is 111 Å². The first-order chi connectivity index (χ1) is 8.29. The van der Waals surface area contributed by atoms with Gasteiger partial charge < -0.3 is 4.74 Å². The highest BCUT2D eigenvalue weighted by Gasteiger charge is 2.18. The van der Waals surface area contributed by atoms with Gasteiger partial charge in [-0.25, -0.2) is 0 Å². The maximum absolute atomic E-state index is 5.63. The van der Waals surface area contributed by atoms with Crippen molar-refractivity contribution < 1.29 is 4.74 Å². The van der Waals surface area contributed by atoms with E-state index in [1.807, 2.05) is 12.1 Å². The fourth-order valence-corrected chi connectivity index (χ4v) is 2.71. The maximum atomic E-state index is 5.63. The second kappa shape index (κ2) is 6.50. The summed E-state index contributed by atoms with van der Waals surface area (Å²) in [5.74, 6) is 5.63. The van der Waals surface area contributed by atoms with Gasteiger partial charge in [0.15, 0.2) is 0 Å². The molecule has 3 nitrogen and oxygen atoms in total. The summed E-state index contributed by atoms with van der Waals surface area (Å²) in [6.45, 7) is 0.919. The molecule has 0 aromatic heterocycles. The van der Waals surface area contributed by atoms with E-state index in [1.165, 1.54) is 18.4 Å². The molecule has 1 saturated heterocycles. The number of nitrogens with two attached hydrogens (primary N) is 1. The highest BCUT2D eigenvalue weighted by Crippen LogP contribution is 2.25. The standard InChI is InChI=1S/C13H19BrN2O/c14-11-4-1-3-10(9-11)13(16-15)7-6-12-5-2-8-17-12/h1,3-4,9,12-13,16H,2,5-8,15H2. The number of ether oxygens (including phenoxy) is 1. The number of hydrogen-bond donors (Lipinski definition) is 2. The van der Waals surface area contributed by atoms with Crippen LogP contribution in [0.25, 0.3) is 0 Å². The Morgan fingerprint density at radius 1 is 1.53 bits per heavy atom. The minimum Gasteiger partial charge on any atom is -0.378 e. The van der Waals surface area contributed by atoms with Crippen molar-refractivity contribution >= 4 is 15.9 Å². The maximum Gasteiger partial charge on any atom is 0.0576 e. The van der Waals surface area contributed by atoms with Gasteiger partial charge in [-0.05, 0) is 43.4 Å². The summed E-state index contributed by atoms with van der Waals surface area (Å²) in [4.78, 5) is 0. The van der Waals surface area contributed by atoms with Crippen LogP contribution in [0.3, 0.4) is 0 Å². The lowest BCUT2D eigenvalue weighted by atomic mass is 10.00. The zero-order valence-corrected chi connectivity index (χ0v) is 11.4. The van der Waals surface area contributed by atoms with E-state index in [0.29, 0.717) is 6.10 Å². The van der Waals surface area contributed by atoms with Crippen LogP contribution in [0.5, 0.6) is 0 Å². The Hall–Kier alpha value is -0.420. The number of benzene rings is 1. The van der Waals surface area contributed by atoms with Crippen molar-refractivity contribution in [3.63, 3.8) is 0 Å². The van der Waals surface area contributed by atoms with Crippen molar-refractivity contribution in [3.05, 3.63) is 34.3 Å². The normalized spacial score (nSPS) is 21.6. The van der Waals surface area contributed by atoms with E-state index in [4.69, 9.17) is 10.6 Å². The first-order valence-electron chi connectivity index (χ1n) is 6.13. The molecule has 4 heteroatoms. The Morgan fingerprint density at radius 3 is 3.06 bits per heavy atom. The van der Waals surface area contributed by atoms with Gasteiger partial charge in [-0.2, -0.15) is 0 Å². The molecule has 0 saturated carbocycles. The lowest BCUT2D eigenvalue weighted by Gasteiger charge is -2.18. The smallest absolute Gasteiger partial charge is 0.0576 e. The van der Waals surface area contributed by atoms with Crippen molar-refractivity contribution in [2.75, 3.05) is 6.61 Å². The minimum atomic E-state index is 0.205. The SMILES string of the molecule is NNC(CCC1CCCO1)c1cccc(Br)c1. The van der Waals surface area contributed by atoms with E-state index < -0.39 is 0 Å². The number of nitrogens with one attached hydrogen (secondary N) is 1. The molecule has 2 rings (SSSR count). The molecule has 0 spiro atoms. The third-order valence-corrected chi connectivity index (χ3v) is 3.75. The molecule has 0 bridgehead atoms. The molecular formula is C13H19BrN2O. The molecule has 0 amide bonds. The molecule has 94 valence electrons. The molecule has 1 aliphatic heterocycles. The average Bonchev–Trinajstić information content (AvgIpc) is 2.83. The molecule has 1 aliphatic rings. The van der Waals surface area contributed by atoms with Crippen LogP contribution in [-0.2, 0) is 4.74 Å². The van der Waals surface area contributed by atoms with E-state index in [0.717, 1.165) is 23.9 Å². The Kier molecular flexibility index (Phi) is 4.98. The van der Waals surface area contributed by atoms with E-state index in [9.17, 15) is 0 Å². The number of halogens is 1. The van der Waals surface area contributed by atoms with Gasteiger partial charge in [0.1, 0.15) is 0 Å². The molecule has 1 heterocycles. The Bertz CT molecular complexity index is 353. The largest absolute Gasteiger partial charge is 0.378 e. The van der Waals surface area contributed by atoms with Gasteiger partial charge in [-0.1, -0.05) is 28.1 Å². The van der Waals surface area contributed by atoms with Crippen molar-refractivity contribution in [1.82, 2.24) is 5.43 Å². The molecule has 17 heavy (non-hydrogen) atoms. The summed E-state index contributed by atoms with van der Waals surface area (Å²) < 4.78 is 6.72. The van der Waals surface area contributed by atoms with Gasteiger partial charge in [0.2, 0.25) is 0 Å². The highest BCUT2D eigenvalue weighted by atomic mass is 79.9. The van der Waals surface area contributed by atoms with E-state index in [2.05, 4.69) is 33.5 Å². The second-order valence-corrected chi connectivity index (χ2v) is 5.40. The predicted octanol–water partition coefficient (Wildman–Crippen LogP) is 2.91. The van der Waals surface area contributed by atoms with Crippen LogP contribution in [0.2, 0.25) is 0 Å². The zero-order valence-electron chi connectivity index (χ0n) is 9.86. The van der Waals surface area contributed by atoms with Gasteiger partial charge in [-0.3, -0.25) is 11.3 Å². The summed E-state index contributed by atoms with van der Waals surface area (Å²) >= 11 is 3.48. The van der Waals surface area contributed by atoms with E-state index >= 15 is 0 Å². The summed E-state index contributed by atoms with van der Waals surface area (Å²) in [5, 5.41) is 0. The third kappa shape index (κ3) is 3.78. The Balaban J connectivity index is 1.91. The first kappa shape index (κ1) is 13.0. The number of rotatable bonds is 5. The molecule has 3 N–H and O–H groups in total. The van der Waals surface area contributed by atoms with Crippen LogP contribution in [0.4, 0.5) is 0 Å². The summed E-state index contributed by atoms with van der Waals surface area (Å²) in [7, 11) is 0. The number of hydrogen-bond acceptors (Lipinski definition) is 3. The lowest BCUT2D eigenvalue weighted by Crippen LogP contribution is -2.28. The quantitative estimate of drug-likeness (QED) is 0.649. The van der Waals surface area contributed by atoms with E-state index in [-0.39, 0.29) is 6.04 Å². The topological polar surface area (TPSA) is 47.3 Å². The summed E-state index contributed by atoms with van der Waals surface area (Å²) in [5.41, 5.74) is 4.12. The van der Waals surface area contributed by atoms with Gasteiger partial charge in [0.05, 0.1) is 6.10 Å². The van der Waals surface area contributed by atoms with Gasteiger partial charge in [0.25, 0.3) is 0 Å². The second-order valence-electron chi connectivity index (χ2n) is 4.49. The molecule has 0 aliphatic carbocycles. The van der Waals surface area contributed by atoms with Gasteiger partial charge in [0, 0.05) is 17.1 Å². The van der Waals surface area contributed by atoms with E-state index in [1.54, 1.807) is 0 Å². The zero-order chi connectivity index (χ0) is 12.1. The van der Waals surface area contributed by atoms with Crippen LogP contribution < -0.4 is 11.3 Å². The average molecular weight is 299 g/mol. The molecule has 1 aromatic rings. The molecule has 0 radical (unpaired) electrons. The molecular weight excluding hydrogens is 280 g/mol.